The van der Waals surface area contributed by atoms with Crippen molar-refractivity contribution in [1.82, 2.24) is 20.4 Å². The smallest absolute Gasteiger partial charge is 0.223 e. The second-order valence-electron chi connectivity index (χ2n) is 7.92. The van der Waals surface area contributed by atoms with Gasteiger partial charge in [0.1, 0.15) is 5.82 Å². The molecule has 2 aromatic heterocycles. The van der Waals surface area contributed by atoms with Crippen LogP contribution in [0.3, 0.4) is 0 Å². The summed E-state index contributed by atoms with van der Waals surface area (Å²) >= 11 is 0. The number of amides is 1. The Labute approximate surface area is 171 Å². The average molecular weight is 396 g/mol. The molecule has 7 nitrogen and oxygen atoms in total. The minimum absolute atomic E-state index is 0.0752. The van der Waals surface area contributed by atoms with E-state index in [0.717, 1.165) is 50.3 Å². The van der Waals surface area contributed by atoms with Crippen molar-refractivity contribution in [2.24, 2.45) is 5.92 Å². The SMILES string of the molecule is Cc1nc(-c2cccnc2N2CCC(C(=O)NCCC3=CCCCC3)CC2)no1. The maximum atomic E-state index is 12.6. The van der Waals surface area contributed by atoms with Crippen LogP contribution >= 0.6 is 0 Å². The molecule has 29 heavy (non-hydrogen) atoms. The van der Waals surface area contributed by atoms with Gasteiger partial charge in [-0.05, 0) is 57.1 Å². The molecule has 0 unspecified atom stereocenters. The molecule has 2 aliphatic rings. The normalized spacial score (nSPS) is 17.8. The number of piperidine rings is 1. The van der Waals surface area contributed by atoms with Crippen molar-refractivity contribution < 1.29 is 9.32 Å². The molecular formula is C22H29N5O2. The molecule has 1 saturated heterocycles. The van der Waals surface area contributed by atoms with Crippen LogP contribution in [0.4, 0.5) is 5.82 Å². The molecule has 0 bridgehead atoms. The number of allylic oxidation sites excluding steroid dienone is 1. The van der Waals surface area contributed by atoms with Crippen LogP contribution in [0, 0.1) is 12.8 Å². The van der Waals surface area contributed by atoms with E-state index in [9.17, 15) is 4.79 Å². The summed E-state index contributed by atoms with van der Waals surface area (Å²) < 4.78 is 5.13. The van der Waals surface area contributed by atoms with Crippen molar-refractivity contribution in [2.45, 2.75) is 51.9 Å². The third kappa shape index (κ3) is 4.83. The topological polar surface area (TPSA) is 84.2 Å². The van der Waals surface area contributed by atoms with Crippen molar-refractivity contribution in [3.8, 4) is 11.4 Å². The zero-order valence-electron chi connectivity index (χ0n) is 17.1. The molecule has 0 spiro atoms. The lowest BCUT2D eigenvalue weighted by Gasteiger charge is -2.33. The van der Waals surface area contributed by atoms with Crippen LogP contribution in [0.2, 0.25) is 0 Å². The Balaban J connectivity index is 1.30. The molecular weight excluding hydrogens is 366 g/mol. The zero-order valence-corrected chi connectivity index (χ0v) is 17.1. The van der Waals surface area contributed by atoms with Gasteiger partial charge < -0.3 is 14.7 Å². The average Bonchev–Trinajstić information content (AvgIpc) is 3.21. The number of nitrogens with zero attached hydrogens (tertiary/aromatic N) is 4. The van der Waals surface area contributed by atoms with Gasteiger partial charge in [0.05, 0.1) is 5.56 Å². The Kier molecular flexibility index (Phi) is 6.22. The van der Waals surface area contributed by atoms with E-state index in [4.69, 9.17) is 4.52 Å². The molecule has 1 fully saturated rings. The third-order valence-electron chi connectivity index (χ3n) is 5.85. The predicted octanol–water partition coefficient (Wildman–Crippen LogP) is 3.66. The van der Waals surface area contributed by atoms with E-state index in [1.165, 1.54) is 31.3 Å². The molecule has 0 atom stereocenters. The molecule has 2 aromatic rings. The van der Waals surface area contributed by atoms with E-state index >= 15 is 0 Å². The first-order valence-electron chi connectivity index (χ1n) is 10.7. The number of hydrogen-bond acceptors (Lipinski definition) is 6. The first-order chi connectivity index (χ1) is 14.2. The standard InChI is InChI=1S/C22H29N5O2/c1-16-25-20(26-29-16)19-8-5-12-23-21(19)27-14-10-18(11-15-27)22(28)24-13-9-17-6-3-2-4-7-17/h5-6,8,12,18H,2-4,7,9-11,13-15H2,1H3,(H,24,28). The molecule has 3 heterocycles. The second kappa shape index (κ2) is 9.20. The van der Waals surface area contributed by atoms with Crippen molar-refractivity contribution >= 4 is 11.7 Å². The number of aryl methyl sites for hydroxylation is 1. The Hall–Kier alpha value is -2.70. The Morgan fingerprint density at radius 3 is 2.90 bits per heavy atom. The maximum Gasteiger partial charge on any atom is 0.223 e. The predicted molar refractivity (Wildman–Crippen MR) is 111 cm³/mol. The number of rotatable bonds is 6. The van der Waals surface area contributed by atoms with E-state index in [0.29, 0.717) is 11.7 Å². The lowest BCUT2D eigenvalue weighted by atomic mass is 9.95. The fraction of sp³-hybridized carbons (Fsp3) is 0.545. The van der Waals surface area contributed by atoms with Gasteiger partial charge in [-0.2, -0.15) is 4.98 Å². The summed E-state index contributed by atoms with van der Waals surface area (Å²) in [6.07, 6.45) is 11.8. The summed E-state index contributed by atoms with van der Waals surface area (Å²) in [5.74, 6) is 2.22. The lowest BCUT2D eigenvalue weighted by molar-refractivity contribution is -0.125. The highest BCUT2D eigenvalue weighted by Crippen LogP contribution is 2.30. The number of nitrogens with one attached hydrogen (secondary N) is 1. The van der Waals surface area contributed by atoms with Crippen LogP contribution in [0.25, 0.3) is 11.4 Å². The molecule has 1 aliphatic carbocycles. The summed E-state index contributed by atoms with van der Waals surface area (Å²) in [6.45, 7) is 4.13. The van der Waals surface area contributed by atoms with Crippen molar-refractivity contribution in [3.63, 3.8) is 0 Å². The van der Waals surface area contributed by atoms with E-state index in [-0.39, 0.29) is 11.8 Å². The number of carbonyl (C=O) groups is 1. The molecule has 4 rings (SSSR count). The molecule has 154 valence electrons. The van der Waals surface area contributed by atoms with Gasteiger partial charge in [0.2, 0.25) is 17.6 Å². The second-order valence-corrected chi connectivity index (χ2v) is 7.92. The number of hydrogen-bond donors (Lipinski definition) is 1. The molecule has 0 aromatic carbocycles. The fourth-order valence-electron chi connectivity index (χ4n) is 4.21. The van der Waals surface area contributed by atoms with Crippen LogP contribution in [-0.2, 0) is 4.79 Å². The Morgan fingerprint density at radius 2 is 2.17 bits per heavy atom. The van der Waals surface area contributed by atoms with Gasteiger partial charge in [0.15, 0.2) is 0 Å². The number of pyridine rings is 1. The van der Waals surface area contributed by atoms with Gasteiger partial charge in [-0.3, -0.25) is 4.79 Å². The summed E-state index contributed by atoms with van der Waals surface area (Å²) in [5, 5.41) is 7.18. The number of anilines is 1. The molecule has 1 amide bonds. The fourth-order valence-corrected chi connectivity index (χ4v) is 4.21. The summed E-state index contributed by atoms with van der Waals surface area (Å²) in [4.78, 5) is 23.7. The minimum Gasteiger partial charge on any atom is -0.356 e. The van der Waals surface area contributed by atoms with Gasteiger partial charge in [-0.1, -0.05) is 16.8 Å². The highest BCUT2D eigenvalue weighted by atomic mass is 16.5. The van der Waals surface area contributed by atoms with E-state index in [1.54, 1.807) is 13.1 Å². The van der Waals surface area contributed by atoms with E-state index in [1.807, 2.05) is 12.1 Å². The number of carbonyl (C=O) groups excluding carboxylic acids is 1. The van der Waals surface area contributed by atoms with Gasteiger partial charge in [-0.25, -0.2) is 4.98 Å². The Morgan fingerprint density at radius 1 is 1.31 bits per heavy atom. The highest BCUT2D eigenvalue weighted by Gasteiger charge is 2.27. The van der Waals surface area contributed by atoms with Gasteiger partial charge in [-0.15, -0.1) is 0 Å². The van der Waals surface area contributed by atoms with Crippen molar-refractivity contribution in [2.75, 3.05) is 24.5 Å². The van der Waals surface area contributed by atoms with Crippen LogP contribution in [-0.4, -0.2) is 40.7 Å². The highest BCUT2D eigenvalue weighted by molar-refractivity contribution is 5.79. The van der Waals surface area contributed by atoms with Gasteiger partial charge in [0.25, 0.3) is 0 Å². The van der Waals surface area contributed by atoms with Crippen LogP contribution in [0.5, 0.6) is 0 Å². The van der Waals surface area contributed by atoms with Crippen LogP contribution < -0.4 is 10.2 Å². The van der Waals surface area contributed by atoms with Gasteiger partial charge >= 0.3 is 0 Å². The molecule has 7 heteroatoms. The molecule has 1 N–H and O–H groups in total. The molecule has 0 radical (unpaired) electrons. The quantitative estimate of drug-likeness (QED) is 0.752. The number of aromatic nitrogens is 3. The largest absolute Gasteiger partial charge is 0.356 e. The van der Waals surface area contributed by atoms with E-state index in [2.05, 4.69) is 31.4 Å². The lowest BCUT2D eigenvalue weighted by Crippen LogP contribution is -2.41. The van der Waals surface area contributed by atoms with Crippen molar-refractivity contribution in [3.05, 3.63) is 35.9 Å². The monoisotopic (exact) mass is 395 g/mol. The first-order valence-corrected chi connectivity index (χ1v) is 10.7. The summed E-state index contributed by atoms with van der Waals surface area (Å²) in [6, 6.07) is 3.85. The molecule has 1 aliphatic heterocycles. The van der Waals surface area contributed by atoms with Crippen molar-refractivity contribution in [1.29, 1.82) is 0 Å². The van der Waals surface area contributed by atoms with Crippen LogP contribution in [0.15, 0.2) is 34.5 Å². The summed E-state index contributed by atoms with van der Waals surface area (Å²) in [7, 11) is 0. The van der Waals surface area contributed by atoms with E-state index < -0.39 is 0 Å². The summed E-state index contributed by atoms with van der Waals surface area (Å²) in [5.41, 5.74) is 2.37. The third-order valence-corrected chi connectivity index (χ3v) is 5.85. The first kappa shape index (κ1) is 19.6. The Bertz CT molecular complexity index is 868. The zero-order chi connectivity index (χ0) is 20.1. The molecule has 0 saturated carbocycles. The van der Waals surface area contributed by atoms with Crippen LogP contribution in [0.1, 0.15) is 50.8 Å². The minimum atomic E-state index is 0.0752. The van der Waals surface area contributed by atoms with Gasteiger partial charge in [0, 0.05) is 38.7 Å². The maximum absolute atomic E-state index is 12.6.